The summed E-state index contributed by atoms with van der Waals surface area (Å²) in [6, 6.07) is 7.85. The van der Waals surface area contributed by atoms with Crippen LogP contribution < -0.4 is 10.6 Å². The molecule has 1 aliphatic heterocycles. The van der Waals surface area contributed by atoms with Crippen molar-refractivity contribution in [2.24, 2.45) is 5.92 Å². The molecule has 5 nitrogen and oxygen atoms in total. The van der Waals surface area contributed by atoms with Crippen molar-refractivity contribution in [1.82, 2.24) is 10.6 Å². The molecule has 1 aromatic rings. The molecule has 1 aromatic carbocycles. The maximum Gasteiger partial charge on any atom is 0.330 e. The lowest BCUT2D eigenvalue weighted by atomic mass is 9.99. The molecule has 0 radical (unpaired) electrons. The highest BCUT2D eigenvalue weighted by molar-refractivity contribution is 5.86. The zero-order chi connectivity index (χ0) is 13.8. The molecule has 1 fully saturated rings. The van der Waals surface area contributed by atoms with Crippen LogP contribution in [0, 0.1) is 5.92 Å². The van der Waals surface area contributed by atoms with Crippen molar-refractivity contribution in [2.45, 2.75) is 25.4 Å². The zero-order valence-electron chi connectivity index (χ0n) is 10.8. The van der Waals surface area contributed by atoms with Gasteiger partial charge in [0.05, 0.1) is 5.92 Å². The van der Waals surface area contributed by atoms with Crippen LogP contribution >= 0.6 is 0 Å². The van der Waals surface area contributed by atoms with E-state index in [0.717, 1.165) is 13.0 Å². The summed E-state index contributed by atoms with van der Waals surface area (Å²) < 4.78 is 0. The maximum absolute atomic E-state index is 12.1. The Morgan fingerprint density at radius 3 is 2.58 bits per heavy atom. The fourth-order valence-corrected chi connectivity index (χ4v) is 2.40. The first-order valence-electron chi connectivity index (χ1n) is 6.41. The summed E-state index contributed by atoms with van der Waals surface area (Å²) in [5, 5.41) is 15.1. The van der Waals surface area contributed by atoms with E-state index in [2.05, 4.69) is 10.6 Å². The Kier molecular flexibility index (Phi) is 4.16. The molecule has 0 aliphatic carbocycles. The van der Waals surface area contributed by atoms with Crippen molar-refractivity contribution >= 4 is 11.9 Å². The van der Waals surface area contributed by atoms with Gasteiger partial charge in [-0.1, -0.05) is 30.3 Å². The smallest absolute Gasteiger partial charge is 0.330 e. The van der Waals surface area contributed by atoms with E-state index in [1.165, 1.54) is 0 Å². The highest BCUT2D eigenvalue weighted by atomic mass is 16.4. The van der Waals surface area contributed by atoms with Crippen molar-refractivity contribution in [3.8, 4) is 0 Å². The second kappa shape index (κ2) is 5.84. The van der Waals surface area contributed by atoms with Crippen LogP contribution in [0.25, 0.3) is 0 Å². The molecule has 0 saturated carbocycles. The van der Waals surface area contributed by atoms with E-state index in [-0.39, 0.29) is 17.9 Å². The molecule has 0 aromatic heterocycles. The molecule has 5 heteroatoms. The van der Waals surface area contributed by atoms with E-state index in [1.807, 2.05) is 13.0 Å². The Morgan fingerprint density at radius 1 is 1.37 bits per heavy atom. The molecule has 0 spiro atoms. The van der Waals surface area contributed by atoms with Gasteiger partial charge in [-0.2, -0.15) is 0 Å². The van der Waals surface area contributed by atoms with Gasteiger partial charge in [0.25, 0.3) is 0 Å². The molecule has 1 amide bonds. The number of carboxylic acid groups (broad SMARTS) is 1. The normalized spacial score (nSPS) is 23.8. The van der Waals surface area contributed by atoms with Crippen molar-refractivity contribution in [3.05, 3.63) is 35.9 Å². The molecular formula is C14H18N2O3. The van der Waals surface area contributed by atoms with Gasteiger partial charge < -0.3 is 15.7 Å². The minimum absolute atomic E-state index is 0.0882. The summed E-state index contributed by atoms with van der Waals surface area (Å²) in [4.78, 5) is 23.4. The van der Waals surface area contributed by atoms with Gasteiger partial charge in [0.1, 0.15) is 0 Å². The average Bonchev–Trinajstić information content (AvgIpc) is 2.82. The predicted octanol–water partition coefficient (Wildman–Crippen LogP) is 0.926. The Morgan fingerprint density at radius 2 is 2.05 bits per heavy atom. The molecule has 0 bridgehead atoms. The van der Waals surface area contributed by atoms with Crippen LogP contribution in [0.4, 0.5) is 0 Å². The van der Waals surface area contributed by atoms with Gasteiger partial charge in [-0.15, -0.1) is 0 Å². The van der Waals surface area contributed by atoms with Crippen molar-refractivity contribution in [3.63, 3.8) is 0 Å². The van der Waals surface area contributed by atoms with E-state index < -0.39 is 12.0 Å². The molecule has 102 valence electrons. The van der Waals surface area contributed by atoms with Gasteiger partial charge >= 0.3 is 5.97 Å². The largest absolute Gasteiger partial charge is 0.479 e. The maximum atomic E-state index is 12.1. The quantitative estimate of drug-likeness (QED) is 0.754. The summed E-state index contributed by atoms with van der Waals surface area (Å²) in [6.45, 7) is 2.73. The van der Waals surface area contributed by atoms with Crippen molar-refractivity contribution < 1.29 is 14.7 Å². The number of aliphatic carboxylic acids is 1. The number of hydrogen-bond donors (Lipinski definition) is 3. The first kappa shape index (κ1) is 13.5. The third kappa shape index (κ3) is 3.12. The first-order valence-corrected chi connectivity index (χ1v) is 6.41. The number of carbonyl (C=O) groups is 2. The summed E-state index contributed by atoms with van der Waals surface area (Å²) in [6.07, 6.45) is 0.744. The Labute approximate surface area is 112 Å². The molecule has 3 unspecified atom stereocenters. The summed E-state index contributed by atoms with van der Waals surface area (Å²) in [5.41, 5.74) is 0.585. The second-order valence-electron chi connectivity index (χ2n) is 4.83. The monoisotopic (exact) mass is 262 g/mol. The van der Waals surface area contributed by atoms with Gasteiger partial charge in [-0.05, 0) is 25.5 Å². The van der Waals surface area contributed by atoms with Crippen LogP contribution in [0.15, 0.2) is 30.3 Å². The van der Waals surface area contributed by atoms with Crippen molar-refractivity contribution in [2.75, 3.05) is 6.54 Å². The first-order chi connectivity index (χ1) is 9.09. The summed E-state index contributed by atoms with van der Waals surface area (Å²) in [5.74, 6) is -1.41. The van der Waals surface area contributed by atoms with E-state index in [9.17, 15) is 14.7 Å². The Balaban J connectivity index is 2.09. The van der Waals surface area contributed by atoms with E-state index in [1.54, 1.807) is 24.3 Å². The molecule has 1 heterocycles. The lowest BCUT2D eigenvalue weighted by molar-refractivity contribution is -0.142. The molecular weight excluding hydrogens is 244 g/mol. The van der Waals surface area contributed by atoms with Crippen LogP contribution in [0.2, 0.25) is 0 Å². The van der Waals surface area contributed by atoms with E-state index >= 15 is 0 Å². The third-order valence-electron chi connectivity index (χ3n) is 3.53. The lowest BCUT2D eigenvalue weighted by Gasteiger charge is -2.19. The SMILES string of the molecule is CC1NCCC1C(=O)NC(C(=O)O)c1ccccc1. The Hall–Kier alpha value is -1.88. The van der Waals surface area contributed by atoms with Crippen molar-refractivity contribution in [1.29, 1.82) is 0 Å². The number of hydrogen-bond acceptors (Lipinski definition) is 3. The van der Waals surface area contributed by atoms with Crippen LogP contribution in [0.1, 0.15) is 24.9 Å². The van der Waals surface area contributed by atoms with Crippen LogP contribution in [-0.2, 0) is 9.59 Å². The number of rotatable bonds is 4. The van der Waals surface area contributed by atoms with E-state index in [0.29, 0.717) is 5.56 Å². The zero-order valence-corrected chi connectivity index (χ0v) is 10.8. The fourth-order valence-electron chi connectivity index (χ4n) is 2.40. The lowest BCUT2D eigenvalue weighted by Crippen LogP contribution is -2.41. The summed E-state index contributed by atoms with van der Waals surface area (Å²) >= 11 is 0. The van der Waals surface area contributed by atoms with Gasteiger partial charge in [0.15, 0.2) is 6.04 Å². The Bertz CT molecular complexity index is 461. The molecule has 3 atom stereocenters. The highest BCUT2D eigenvalue weighted by Crippen LogP contribution is 2.18. The topological polar surface area (TPSA) is 78.4 Å². The van der Waals surface area contributed by atoms with Crippen LogP contribution in [-0.4, -0.2) is 29.6 Å². The van der Waals surface area contributed by atoms with Gasteiger partial charge in [0.2, 0.25) is 5.91 Å². The van der Waals surface area contributed by atoms with E-state index in [4.69, 9.17) is 0 Å². The molecule has 3 N–H and O–H groups in total. The number of carboxylic acids is 1. The molecule has 1 aliphatic rings. The minimum Gasteiger partial charge on any atom is -0.479 e. The molecule has 1 saturated heterocycles. The summed E-state index contributed by atoms with van der Waals surface area (Å²) in [7, 11) is 0. The third-order valence-corrected chi connectivity index (χ3v) is 3.53. The standard InChI is InChI=1S/C14H18N2O3/c1-9-11(7-8-15-9)13(17)16-12(14(18)19)10-5-3-2-4-6-10/h2-6,9,11-12,15H,7-8H2,1H3,(H,16,17)(H,18,19). The predicted molar refractivity (Wildman–Crippen MR) is 70.5 cm³/mol. The van der Waals surface area contributed by atoms with Gasteiger partial charge in [0, 0.05) is 6.04 Å². The number of amides is 1. The minimum atomic E-state index is -1.04. The average molecular weight is 262 g/mol. The number of nitrogens with one attached hydrogen (secondary N) is 2. The molecule has 19 heavy (non-hydrogen) atoms. The highest BCUT2D eigenvalue weighted by Gasteiger charge is 2.32. The van der Waals surface area contributed by atoms with Crippen LogP contribution in [0.5, 0.6) is 0 Å². The molecule has 2 rings (SSSR count). The fraction of sp³-hybridized carbons (Fsp3) is 0.429. The number of benzene rings is 1. The van der Waals surface area contributed by atoms with Gasteiger partial charge in [-0.25, -0.2) is 4.79 Å². The number of carbonyl (C=O) groups excluding carboxylic acids is 1. The van der Waals surface area contributed by atoms with Crippen LogP contribution in [0.3, 0.4) is 0 Å². The van der Waals surface area contributed by atoms with Gasteiger partial charge in [-0.3, -0.25) is 4.79 Å². The second-order valence-corrected chi connectivity index (χ2v) is 4.83.